The van der Waals surface area contributed by atoms with Crippen molar-refractivity contribution < 1.29 is 14.6 Å². The molecule has 0 amide bonds. The standard InChI is InChI=1S/C17H19BrO3/c1-12-9-15(18)10-14(11-19)17(12)21-8-7-13-3-5-16(20-2)6-4-13/h3-6,9-10,19H,7-8,11H2,1-2H3. The first kappa shape index (κ1) is 15.9. The summed E-state index contributed by atoms with van der Waals surface area (Å²) in [7, 11) is 1.66. The lowest BCUT2D eigenvalue weighted by atomic mass is 10.1. The Balaban J connectivity index is 1.99. The molecule has 2 aromatic carbocycles. The van der Waals surface area contributed by atoms with Gasteiger partial charge in [-0.3, -0.25) is 0 Å². The Morgan fingerprint density at radius 2 is 1.86 bits per heavy atom. The number of methoxy groups -OCH3 is 1. The summed E-state index contributed by atoms with van der Waals surface area (Å²) in [6, 6.07) is 11.8. The molecule has 1 N–H and O–H groups in total. The van der Waals surface area contributed by atoms with E-state index in [0.29, 0.717) is 6.61 Å². The highest BCUT2D eigenvalue weighted by molar-refractivity contribution is 9.10. The van der Waals surface area contributed by atoms with Gasteiger partial charge in [0, 0.05) is 16.5 Å². The molecule has 3 nitrogen and oxygen atoms in total. The summed E-state index contributed by atoms with van der Waals surface area (Å²) in [5.74, 6) is 1.63. The minimum Gasteiger partial charge on any atom is -0.497 e. The van der Waals surface area contributed by atoms with Crippen LogP contribution in [0.3, 0.4) is 0 Å². The molecule has 0 spiro atoms. The number of benzene rings is 2. The third-order valence-electron chi connectivity index (χ3n) is 3.28. The summed E-state index contributed by atoms with van der Waals surface area (Å²) in [4.78, 5) is 0. The van der Waals surface area contributed by atoms with E-state index in [-0.39, 0.29) is 6.61 Å². The number of rotatable bonds is 6. The molecule has 0 aromatic heterocycles. The zero-order valence-electron chi connectivity index (χ0n) is 12.2. The molecule has 0 aliphatic heterocycles. The second kappa shape index (κ2) is 7.48. The second-order valence-corrected chi connectivity index (χ2v) is 5.73. The molecule has 112 valence electrons. The molecule has 0 heterocycles. The lowest BCUT2D eigenvalue weighted by Crippen LogP contribution is -2.05. The molecule has 0 saturated carbocycles. The van der Waals surface area contributed by atoms with Crippen LogP contribution in [0.5, 0.6) is 11.5 Å². The fourth-order valence-corrected chi connectivity index (χ4v) is 2.81. The SMILES string of the molecule is COc1ccc(CCOc2c(C)cc(Br)cc2CO)cc1. The average Bonchev–Trinajstić information content (AvgIpc) is 2.49. The minimum atomic E-state index is -0.0296. The molecule has 0 atom stereocenters. The molecule has 2 aromatic rings. The predicted molar refractivity (Wildman–Crippen MR) is 87.0 cm³/mol. The van der Waals surface area contributed by atoms with Gasteiger partial charge >= 0.3 is 0 Å². The Morgan fingerprint density at radius 3 is 2.48 bits per heavy atom. The maximum Gasteiger partial charge on any atom is 0.127 e. The largest absolute Gasteiger partial charge is 0.497 e. The lowest BCUT2D eigenvalue weighted by Gasteiger charge is -2.14. The van der Waals surface area contributed by atoms with Crippen LogP contribution >= 0.6 is 15.9 Å². The third-order valence-corrected chi connectivity index (χ3v) is 3.74. The summed E-state index contributed by atoms with van der Waals surface area (Å²) >= 11 is 3.43. The van der Waals surface area contributed by atoms with Crippen molar-refractivity contribution in [1.82, 2.24) is 0 Å². The number of aliphatic hydroxyl groups is 1. The van der Waals surface area contributed by atoms with Crippen LogP contribution in [0.15, 0.2) is 40.9 Å². The minimum absolute atomic E-state index is 0.0296. The van der Waals surface area contributed by atoms with Crippen molar-refractivity contribution in [2.24, 2.45) is 0 Å². The van der Waals surface area contributed by atoms with Crippen molar-refractivity contribution in [3.63, 3.8) is 0 Å². The Hall–Kier alpha value is -1.52. The number of aliphatic hydroxyl groups excluding tert-OH is 1. The number of ether oxygens (including phenoxy) is 2. The molecule has 0 aliphatic rings. The highest BCUT2D eigenvalue weighted by Crippen LogP contribution is 2.28. The van der Waals surface area contributed by atoms with Gasteiger partial charge in [-0.15, -0.1) is 0 Å². The van der Waals surface area contributed by atoms with E-state index in [4.69, 9.17) is 9.47 Å². The van der Waals surface area contributed by atoms with Gasteiger partial charge in [-0.2, -0.15) is 0 Å². The van der Waals surface area contributed by atoms with Crippen LogP contribution < -0.4 is 9.47 Å². The summed E-state index contributed by atoms with van der Waals surface area (Å²) in [6.45, 7) is 2.52. The van der Waals surface area contributed by atoms with Crippen LogP contribution in [0.4, 0.5) is 0 Å². The van der Waals surface area contributed by atoms with Crippen LogP contribution in [0.1, 0.15) is 16.7 Å². The summed E-state index contributed by atoms with van der Waals surface area (Å²) in [5.41, 5.74) is 3.01. The third kappa shape index (κ3) is 4.22. The molecule has 0 saturated heterocycles. The lowest BCUT2D eigenvalue weighted by molar-refractivity contribution is 0.263. The van der Waals surface area contributed by atoms with Crippen molar-refractivity contribution in [2.75, 3.05) is 13.7 Å². The first-order chi connectivity index (χ1) is 10.1. The molecule has 0 aliphatic carbocycles. The molecule has 0 unspecified atom stereocenters. The first-order valence-electron chi connectivity index (χ1n) is 6.79. The van der Waals surface area contributed by atoms with Crippen molar-refractivity contribution in [3.05, 3.63) is 57.6 Å². The fourth-order valence-electron chi connectivity index (χ4n) is 2.19. The monoisotopic (exact) mass is 350 g/mol. The molecular formula is C17H19BrO3. The highest BCUT2D eigenvalue weighted by atomic mass is 79.9. The zero-order chi connectivity index (χ0) is 15.2. The molecule has 0 radical (unpaired) electrons. The van der Waals surface area contributed by atoms with Crippen LogP contribution in [0, 0.1) is 6.92 Å². The number of hydrogen-bond acceptors (Lipinski definition) is 3. The first-order valence-corrected chi connectivity index (χ1v) is 7.59. The Labute approximate surface area is 133 Å². The van der Waals surface area contributed by atoms with Crippen molar-refractivity contribution in [3.8, 4) is 11.5 Å². The number of aryl methyl sites for hydroxylation is 1. The van der Waals surface area contributed by atoms with E-state index in [0.717, 1.165) is 33.5 Å². The van der Waals surface area contributed by atoms with E-state index in [1.165, 1.54) is 5.56 Å². The van der Waals surface area contributed by atoms with Gasteiger partial charge in [-0.05, 0) is 42.3 Å². The number of hydrogen-bond donors (Lipinski definition) is 1. The van der Waals surface area contributed by atoms with E-state index >= 15 is 0 Å². The van der Waals surface area contributed by atoms with Crippen LogP contribution in [0.2, 0.25) is 0 Å². The Morgan fingerprint density at radius 1 is 1.14 bits per heavy atom. The van der Waals surface area contributed by atoms with Gasteiger partial charge in [-0.25, -0.2) is 0 Å². The zero-order valence-corrected chi connectivity index (χ0v) is 13.8. The molecule has 4 heteroatoms. The predicted octanol–water partition coefficient (Wildman–Crippen LogP) is 3.88. The van der Waals surface area contributed by atoms with Crippen molar-refractivity contribution in [2.45, 2.75) is 20.0 Å². The maximum absolute atomic E-state index is 9.43. The number of halogens is 1. The summed E-state index contributed by atoms with van der Waals surface area (Å²) < 4.78 is 11.9. The quantitative estimate of drug-likeness (QED) is 0.859. The van der Waals surface area contributed by atoms with Gasteiger partial charge in [0.1, 0.15) is 11.5 Å². The summed E-state index contributed by atoms with van der Waals surface area (Å²) in [5, 5.41) is 9.43. The van der Waals surface area contributed by atoms with Crippen LogP contribution in [-0.2, 0) is 13.0 Å². The second-order valence-electron chi connectivity index (χ2n) is 4.82. The molecular weight excluding hydrogens is 332 g/mol. The van der Waals surface area contributed by atoms with Gasteiger partial charge in [0.15, 0.2) is 0 Å². The van der Waals surface area contributed by atoms with Gasteiger partial charge < -0.3 is 14.6 Å². The fraction of sp³-hybridized carbons (Fsp3) is 0.294. The van der Waals surface area contributed by atoms with E-state index < -0.39 is 0 Å². The van der Waals surface area contributed by atoms with Gasteiger partial charge in [0.05, 0.1) is 20.3 Å². The summed E-state index contributed by atoms with van der Waals surface area (Å²) in [6.07, 6.45) is 0.810. The topological polar surface area (TPSA) is 38.7 Å². The smallest absolute Gasteiger partial charge is 0.127 e. The normalized spacial score (nSPS) is 10.5. The Bertz CT molecular complexity index is 594. The van der Waals surface area contributed by atoms with Crippen molar-refractivity contribution in [1.29, 1.82) is 0 Å². The maximum atomic E-state index is 9.43. The van der Waals surface area contributed by atoms with E-state index in [9.17, 15) is 5.11 Å². The van der Waals surface area contributed by atoms with Crippen molar-refractivity contribution >= 4 is 15.9 Å². The molecule has 2 rings (SSSR count). The molecule has 21 heavy (non-hydrogen) atoms. The van der Waals surface area contributed by atoms with E-state index in [1.54, 1.807) is 7.11 Å². The van der Waals surface area contributed by atoms with Gasteiger partial charge in [-0.1, -0.05) is 28.1 Å². The molecule has 0 fully saturated rings. The van der Waals surface area contributed by atoms with Crippen LogP contribution in [0.25, 0.3) is 0 Å². The van der Waals surface area contributed by atoms with E-state index in [1.807, 2.05) is 43.3 Å². The van der Waals surface area contributed by atoms with Gasteiger partial charge in [0.25, 0.3) is 0 Å². The van der Waals surface area contributed by atoms with E-state index in [2.05, 4.69) is 15.9 Å². The average molecular weight is 351 g/mol. The Kier molecular flexibility index (Phi) is 5.65. The van der Waals surface area contributed by atoms with Crippen LogP contribution in [-0.4, -0.2) is 18.8 Å². The molecule has 0 bridgehead atoms. The van der Waals surface area contributed by atoms with Gasteiger partial charge in [0.2, 0.25) is 0 Å². The highest BCUT2D eigenvalue weighted by Gasteiger charge is 2.08.